The first kappa shape index (κ1) is 12.2. The molecule has 2 rings (SSSR count). The molecule has 0 unspecified atom stereocenters. The van der Waals surface area contributed by atoms with E-state index in [-0.39, 0.29) is 5.56 Å². The van der Waals surface area contributed by atoms with Crippen LogP contribution in [0.15, 0.2) is 23.1 Å². The Morgan fingerprint density at radius 1 is 1.53 bits per heavy atom. The fourth-order valence-corrected chi connectivity index (χ4v) is 1.97. The summed E-state index contributed by atoms with van der Waals surface area (Å²) in [5.74, 6) is 1.02. The van der Waals surface area contributed by atoms with E-state index in [9.17, 15) is 4.79 Å². The summed E-state index contributed by atoms with van der Waals surface area (Å²) in [5, 5.41) is 0. The van der Waals surface area contributed by atoms with Crippen LogP contribution in [0.25, 0.3) is 5.65 Å². The number of ether oxygens (including phenoxy) is 2. The maximum atomic E-state index is 12.0. The summed E-state index contributed by atoms with van der Waals surface area (Å²) in [5.41, 5.74) is 0.375. The number of pyridine rings is 1. The predicted molar refractivity (Wildman–Crippen MR) is 71.9 cm³/mol. The average molecular weight is 346 g/mol. The molecule has 2 aromatic rings. The number of aromatic nitrogens is 2. The highest BCUT2D eigenvalue weighted by atomic mass is 127. The van der Waals surface area contributed by atoms with E-state index >= 15 is 0 Å². The first-order valence-electron chi connectivity index (χ1n) is 5.06. The third kappa shape index (κ3) is 2.21. The molecular weight excluding hydrogens is 335 g/mol. The summed E-state index contributed by atoms with van der Waals surface area (Å²) >= 11 is 1.94. The topological polar surface area (TPSA) is 52.8 Å². The molecule has 0 aliphatic rings. The first-order valence-corrected chi connectivity index (χ1v) is 6.14. The molecule has 0 aliphatic heterocycles. The second-order valence-electron chi connectivity index (χ2n) is 3.26. The van der Waals surface area contributed by atoms with Crippen molar-refractivity contribution in [2.45, 2.75) is 6.92 Å². The zero-order valence-corrected chi connectivity index (χ0v) is 11.6. The summed E-state index contributed by atoms with van der Waals surface area (Å²) in [6.07, 6.45) is 1.64. The Bertz CT molecular complexity index is 609. The zero-order valence-electron chi connectivity index (χ0n) is 9.44. The molecule has 0 saturated heterocycles. The van der Waals surface area contributed by atoms with Crippen LogP contribution in [0, 0.1) is 3.57 Å². The Morgan fingerprint density at radius 2 is 2.29 bits per heavy atom. The summed E-state index contributed by atoms with van der Waals surface area (Å²) in [6, 6.07) is 3.41. The van der Waals surface area contributed by atoms with Gasteiger partial charge in [-0.2, -0.15) is 4.98 Å². The number of hydrogen-bond donors (Lipinski definition) is 0. The highest BCUT2D eigenvalue weighted by molar-refractivity contribution is 14.1. The molecule has 0 amide bonds. The van der Waals surface area contributed by atoms with Crippen molar-refractivity contribution in [2.75, 3.05) is 13.7 Å². The Kier molecular flexibility index (Phi) is 3.51. The van der Waals surface area contributed by atoms with Crippen molar-refractivity contribution in [1.82, 2.24) is 9.38 Å². The van der Waals surface area contributed by atoms with Crippen molar-refractivity contribution >= 4 is 28.2 Å². The average Bonchev–Trinajstić information content (AvgIpc) is 2.35. The van der Waals surface area contributed by atoms with Gasteiger partial charge in [0.05, 0.1) is 13.7 Å². The minimum absolute atomic E-state index is 0.137. The first-order chi connectivity index (χ1) is 8.17. The third-order valence-corrected chi connectivity index (χ3v) is 3.16. The monoisotopic (exact) mass is 346 g/mol. The van der Waals surface area contributed by atoms with Crippen molar-refractivity contribution in [2.24, 2.45) is 0 Å². The van der Waals surface area contributed by atoms with E-state index in [2.05, 4.69) is 4.98 Å². The van der Waals surface area contributed by atoms with Gasteiger partial charge in [-0.15, -0.1) is 0 Å². The van der Waals surface area contributed by atoms with Crippen LogP contribution in [0.1, 0.15) is 6.92 Å². The molecule has 0 fully saturated rings. The van der Waals surface area contributed by atoms with Crippen LogP contribution < -0.4 is 15.0 Å². The molecule has 0 radical (unpaired) electrons. The van der Waals surface area contributed by atoms with E-state index in [1.165, 1.54) is 4.40 Å². The van der Waals surface area contributed by atoms with Gasteiger partial charge in [0.1, 0.15) is 15.0 Å². The SMILES string of the molecule is CCOc1nc2cc(OC)ccn2c(=O)c1I. The fourth-order valence-electron chi connectivity index (χ4n) is 1.44. The van der Waals surface area contributed by atoms with Gasteiger partial charge < -0.3 is 9.47 Å². The summed E-state index contributed by atoms with van der Waals surface area (Å²) in [4.78, 5) is 16.3. The van der Waals surface area contributed by atoms with Crippen LogP contribution in [0.4, 0.5) is 0 Å². The van der Waals surface area contributed by atoms with Crippen molar-refractivity contribution in [3.8, 4) is 11.6 Å². The lowest BCUT2D eigenvalue weighted by Crippen LogP contribution is -2.19. The quantitative estimate of drug-likeness (QED) is 0.794. The van der Waals surface area contributed by atoms with Gasteiger partial charge in [-0.1, -0.05) is 0 Å². The van der Waals surface area contributed by atoms with E-state index in [1.54, 1.807) is 25.4 Å². The van der Waals surface area contributed by atoms with Crippen molar-refractivity contribution in [3.05, 3.63) is 32.3 Å². The van der Waals surface area contributed by atoms with Gasteiger partial charge in [-0.05, 0) is 35.6 Å². The number of halogens is 1. The Balaban J connectivity index is 2.72. The van der Waals surface area contributed by atoms with Crippen LogP contribution in [0.3, 0.4) is 0 Å². The highest BCUT2D eigenvalue weighted by Crippen LogP contribution is 2.18. The Labute approximate surface area is 112 Å². The van der Waals surface area contributed by atoms with Gasteiger partial charge in [0.2, 0.25) is 5.88 Å². The van der Waals surface area contributed by atoms with E-state index in [4.69, 9.17) is 9.47 Å². The smallest absolute Gasteiger partial charge is 0.275 e. The largest absolute Gasteiger partial charge is 0.497 e. The molecule has 0 aromatic carbocycles. The number of methoxy groups -OCH3 is 1. The highest BCUT2D eigenvalue weighted by Gasteiger charge is 2.11. The number of hydrogen-bond acceptors (Lipinski definition) is 4. The molecule has 0 atom stereocenters. The molecule has 0 aliphatic carbocycles. The maximum absolute atomic E-state index is 12.0. The van der Waals surface area contributed by atoms with Gasteiger partial charge >= 0.3 is 0 Å². The van der Waals surface area contributed by atoms with Gasteiger partial charge in [0, 0.05) is 12.3 Å². The molecule has 0 saturated carbocycles. The van der Waals surface area contributed by atoms with E-state index in [0.29, 0.717) is 27.5 Å². The fraction of sp³-hybridized carbons (Fsp3) is 0.273. The molecule has 5 nitrogen and oxygen atoms in total. The van der Waals surface area contributed by atoms with Crippen LogP contribution in [-0.2, 0) is 0 Å². The Hall–Kier alpha value is -1.31. The number of nitrogens with zero attached hydrogens (tertiary/aromatic N) is 2. The lowest BCUT2D eigenvalue weighted by atomic mass is 10.4. The number of fused-ring (bicyclic) bond motifs is 1. The molecule has 6 heteroatoms. The summed E-state index contributed by atoms with van der Waals surface area (Å²) in [7, 11) is 1.57. The number of rotatable bonds is 3. The molecular formula is C11H11IN2O3. The van der Waals surface area contributed by atoms with Crippen LogP contribution >= 0.6 is 22.6 Å². The second-order valence-corrected chi connectivity index (χ2v) is 4.34. The molecule has 17 heavy (non-hydrogen) atoms. The lowest BCUT2D eigenvalue weighted by Gasteiger charge is -2.08. The van der Waals surface area contributed by atoms with E-state index < -0.39 is 0 Å². The third-order valence-electron chi connectivity index (χ3n) is 2.23. The zero-order chi connectivity index (χ0) is 12.4. The molecule has 0 N–H and O–H groups in total. The normalized spacial score (nSPS) is 10.5. The minimum Gasteiger partial charge on any atom is -0.497 e. The molecule has 0 bridgehead atoms. The van der Waals surface area contributed by atoms with Crippen molar-refractivity contribution in [1.29, 1.82) is 0 Å². The van der Waals surface area contributed by atoms with Crippen LogP contribution in [0.5, 0.6) is 11.6 Å². The molecule has 2 heterocycles. The summed E-state index contributed by atoms with van der Waals surface area (Å²) in [6.45, 7) is 2.33. The van der Waals surface area contributed by atoms with E-state index in [1.807, 2.05) is 29.5 Å². The second kappa shape index (κ2) is 4.91. The maximum Gasteiger partial charge on any atom is 0.275 e. The van der Waals surface area contributed by atoms with Gasteiger partial charge in [-0.3, -0.25) is 9.20 Å². The van der Waals surface area contributed by atoms with Crippen LogP contribution in [-0.4, -0.2) is 23.1 Å². The minimum atomic E-state index is -0.137. The van der Waals surface area contributed by atoms with Crippen LogP contribution in [0.2, 0.25) is 0 Å². The Morgan fingerprint density at radius 3 is 2.94 bits per heavy atom. The standard InChI is InChI=1S/C11H11IN2O3/c1-3-17-10-9(12)11(15)14-5-4-7(16-2)6-8(14)13-10/h4-6H,3H2,1-2H3. The predicted octanol–water partition coefficient (Wildman–Crippen LogP) is 1.71. The van der Waals surface area contributed by atoms with Gasteiger partial charge in [0.15, 0.2) is 0 Å². The van der Waals surface area contributed by atoms with Gasteiger partial charge in [0.25, 0.3) is 5.56 Å². The summed E-state index contributed by atoms with van der Waals surface area (Å²) < 4.78 is 12.4. The van der Waals surface area contributed by atoms with Crippen molar-refractivity contribution < 1.29 is 9.47 Å². The lowest BCUT2D eigenvalue weighted by molar-refractivity contribution is 0.324. The molecule has 90 valence electrons. The van der Waals surface area contributed by atoms with E-state index in [0.717, 1.165) is 0 Å². The molecule has 2 aromatic heterocycles. The molecule has 0 spiro atoms. The van der Waals surface area contributed by atoms with Crippen molar-refractivity contribution in [3.63, 3.8) is 0 Å². The van der Waals surface area contributed by atoms with Gasteiger partial charge in [-0.25, -0.2) is 0 Å².